The summed E-state index contributed by atoms with van der Waals surface area (Å²) in [5.74, 6) is 0.705. The van der Waals surface area contributed by atoms with Gasteiger partial charge in [0.05, 0.1) is 7.11 Å². The van der Waals surface area contributed by atoms with Crippen LogP contribution in [0, 0.1) is 0 Å². The lowest BCUT2D eigenvalue weighted by Crippen LogP contribution is -2.03. The van der Waals surface area contributed by atoms with Crippen molar-refractivity contribution in [2.45, 2.75) is 0 Å². The average Bonchev–Trinajstić information content (AvgIpc) is 2.79. The lowest BCUT2D eigenvalue weighted by atomic mass is 10.1. The zero-order valence-electron chi connectivity index (χ0n) is 15.6. The molecule has 4 rings (SSSR count). The molecule has 1 aromatic heterocycles. The second-order valence-electron chi connectivity index (χ2n) is 6.26. The highest BCUT2D eigenvalue weighted by Crippen LogP contribution is 2.28. The van der Waals surface area contributed by atoms with Gasteiger partial charge in [-0.15, -0.1) is 0 Å². The zero-order chi connectivity index (χ0) is 20.2. The molecule has 142 valence electrons. The van der Waals surface area contributed by atoms with E-state index >= 15 is 0 Å². The van der Waals surface area contributed by atoms with Crippen molar-refractivity contribution >= 4 is 5.97 Å². The van der Waals surface area contributed by atoms with Gasteiger partial charge in [0.25, 0.3) is 0 Å². The van der Waals surface area contributed by atoms with Crippen LogP contribution < -0.4 is 4.74 Å². The Balaban J connectivity index is 1.90. The highest BCUT2D eigenvalue weighted by Gasteiger charge is 2.16. The number of methoxy groups -OCH3 is 1. The molecule has 0 saturated heterocycles. The number of nitrogens with zero attached hydrogens (tertiary/aromatic N) is 3. The van der Waals surface area contributed by atoms with E-state index in [2.05, 4.69) is 15.0 Å². The Bertz CT molecular complexity index is 1100. The molecule has 0 spiro atoms. The van der Waals surface area contributed by atoms with Gasteiger partial charge in [0.15, 0.2) is 17.5 Å². The van der Waals surface area contributed by atoms with Crippen LogP contribution in [0.15, 0.2) is 78.9 Å². The number of carbonyl (C=O) groups is 1. The van der Waals surface area contributed by atoms with E-state index < -0.39 is 5.97 Å². The fourth-order valence-corrected chi connectivity index (χ4v) is 2.94. The van der Waals surface area contributed by atoms with Gasteiger partial charge < -0.3 is 9.84 Å². The predicted molar refractivity (Wildman–Crippen MR) is 110 cm³/mol. The quantitative estimate of drug-likeness (QED) is 0.543. The molecular weight excluding hydrogens is 366 g/mol. The van der Waals surface area contributed by atoms with Gasteiger partial charge >= 0.3 is 5.97 Å². The number of rotatable bonds is 5. The first-order valence-corrected chi connectivity index (χ1v) is 8.94. The minimum absolute atomic E-state index is 0.0804. The minimum Gasteiger partial charge on any atom is -0.496 e. The highest BCUT2D eigenvalue weighted by atomic mass is 16.5. The minimum atomic E-state index is -1.06. The lowest BCUT2D eigenvalue weighted by molar-refractivity contribution is 0.0693. The van der Waals surface area contributed by atoms with Crippen LogP contribution in [0.3, 0.4) is 0 Å². The fraction of sp³-hybridized carbons (Fsp3) is 0.0435. The number of carboxylic acids is 1. The van der Waals surface area contributed by atoms with Crippen LogP contribution in [0.5, 0.6) is 5.75 Å². The first kappa shape index (κ1) is 18.3. The number of hydrogen-bond donors (Lipinski definition) is 1. The van der Waals surface area contributed by atoms with Gasteiger partial charge in [-0.3, -0.25) is 0 Å². The van der Waals surface area contributed by atoms with Gasteiger partial charge in [-0.05, 0) is 12.1 Å². The van der Waals surface area contributed by atoms with E-state index in [1.165, 1.54) is 13.2 Å². The molecule has 29 heavy (non-hydrogen) atoms. The Morgan fingerprint density at radius 3 is 1.66 bits per heavy atom. The number of benzene rings is 3. The summed E-state index contributed by atoms with van der Waals surface area (Å²) in [7, 11) is 1.43. The Morgan fingerprint density at radius 1 is 0.724 bits per heavy atom. The van der Waals surface area contributed by atoms with Crippen molar-refractivity contribution in [1.82, 2.24) is 15.0 Å². The maximum atomic E-state index is 11.4. The fourth-order valence-electron chi connectivity index (χ4n) is 2.94. The van der Waals surface area contributed by atoms with Gasteiger partial charge in [0.1, 0.15) is 11.3 Å². The van der Waals surface area contributed by atoms with Crippen molar-refractivity contribution in [3.8, 4) is 39.9 Å². The van der Waals surface area contributed by atoms with Gasteiger partial charge in [0, 0.05) is 16.7 Å². The van der Waals surface area contributed by atoms with Crippen LogP contribution in [-0.4, -0.2) is 33.1 Å². The molecule has 4 aromatic rings. The molecule has 1 heterocycles. The van der Waals surface area contributed by atoms with Gasteiger partial charge in [-0.2, -0.15) is 0 Å². The average molecular weight is 383 g/mol. The second kappa shape index (κ2) is 7.90. The number of ether oxygens (including phenoxy) is 1. The van der Waals surface area contributed by atoms with Crippen molar-refractivity contribution < 1.29 is 14.6 Å². The first-order chi connectivity index (χ1) is 14.2. The van der Waals surface area contributed by atoms with Crippen LogP contribution >= 0.6 is 0 Å². The number of hydrogen-bond acceptors (Lipinski definition) is 5. The van der Waals surface area contributed by atoms with Crippen molar-refractivity contribution in [1.29, 1.82) is 0 Å². The molecular formula is C23H17N3O3. The molecule has 0 fully saturated rings. The molecule has 0 atom stereocenters. The highest BCUT2D eigenvalue weighted by molar-refractivity contribution is 5.91. The summed E-state index contributed by atoms with van der Waals surface area (Å²) in [6.45, 7) is 0. The Hall–Kier alpha value is -4.06. The maximum Gasteiger partial charge on any atom is 0.339 e. The van der Waals surface area contributed by atoms with Gasteiger partial charge in [-0.1, -0.05) is 66.7 Å². The summed E-state index contributed by atoms with van der Waals surface area (Å²) in [6.07, 6.45) is 0. The van der Waals surface area contributed by atoms with Crippen molar-refractivity contribution in [2.75, 3.05) is 7.11 Å². The SMILES string of the molecule is COc1cc(-c2nc(-c3ccccc3)nc(-c3ccccc3)n2)ccc1C(=O)O. The largest absolute Gasteiger partial charge is 0.496 e. The number of aromatic nitrogens is 3. The van der Waals surface area contributed by atoms with E-state index in [4.69, 9.17) is 4.74 Å². The molecule has 0 amide bonds. The Labute approximate surface area is 167 Å². The monoisotopic (exact) mass is 383 g/mol. The van der Waals surface area contributed by atoms with Crippen molar-refractivity contribution in [3.63, 3.8) is 0 Å². The summed E-state index contributed by atoms with van der Waals surface area (Å²) in [5, 5.41) is 9.32. The zero-order valence-corrected chi connectivity index (χ0v) is 15.6. The van der Waals surface area contributed by atoms with Crippen LogP contribution in [0.4, 0.5) is 0 Å². The molecule has 3 aromatic carbocycles. The smallest absolute Gasteiger partial charge is 0.339 e. The van der Waals surface area contributed by atoms with Gasteiger partial charge in [0.2, 0.25) is 0 Å². The van der Waals surface area contributed by atoms with E-state index in [0.29, 0.717) is 23.0 Å². The van der Waals surface area contributed by atoms with Crippen LogP contribution in [0.1, 0.15) is 10.4 Å². The van der Waals surface area contributed by atoms with Crippen LogP contribution in [-0.2, 0) is 0 Å². The summed E-state index contributed by atoms with van der Waals surface area (Å²) in [6, 6.07) is 24.1. The second-order valence-corrected chi connectivity index (χ2v) is 6.26. The summed E-state index contributed by atoms with van der Waals surface area (Å²) >= 11 is 0. The molecule has 0 aliphatic heterocycles. The van der Waals surface area contributed by atoms with E-state index in [-0.39, 0.29) is 11.3 Å². The van der Waals surface area contributed by atoms with Gasteiger partial charge in [-0.25, -0.2) is 19.7 Å². The standard InChI is InChI=1S/C23H17N3O3/c1-29-19-14-17(12-13-18(19)23(27)28)22-25-20(15-8-4-2-5-9-15)24-21(26-22)16-10-6-3-7-11-16/h2-14H,1H3,(H,27,28). The summed E-state index contributed by atoms with van der Waals surface area (Å²) < 4.78 is 5.25. The van der Waals surface area contributed by atoms with Crippen molar-refractivity contribution in [2.24, 2.45) is 0 Å². The topological polar surface area (TPSA) is 85.2 Å². The molecule has 6 nitrogen and oxygen atoms in total. The predicted octanol–water partition coefficient (Wildman–Crippen LogP) is 4.58. The molecule has 1 N–H and O–H groups in total. The number of aromatic carboxylic acids is 1. The Kier molecular flexibility index (Phi) is 4.99. The molecule has 0 bridgehead atoms. The molecule has 0 aliphatic carbocycles. The third kappa shape index (κ3) is 3.82. The normalized spacial score (nSPS) is 10.5. The van der Waals surface area contributed by atoms with Crippen LogP contribution in [0.2, 0.25) is 0 Å². The maximum absolute atomic E-state index is 11.4. The van der Waals surface area contributed by atoms with E-state index in [9.17, 15) is 9.90 Å². The summed E-state index contributed by atoms with van der Waals surface area (Å²) in [4.78, 5) is 25.3. The first-order valence-electron chi connectivity index (χ1n) is 8.94. The van der Waals surface area contributed by atoms with E-state index in [1.54, 1.807) is 12.1 Å². The Morgan fingerprint density at radius 2 is 1.21 bits per heavy atom. The van der Waals surface area contributed by atoms with E-state index in [0.717, 1.165) is 11.1 Å². The molecule has 0 unspecified atom stereocenters. The summed E-state index contributed by atoms with van der Waals surface area (Å²) in [5.41, 5.74) is 2.45. The molecule has 6 heteroatoms. The third-order valence-corrected chi connectivity index (χ3v) is 4.39. The van der Waals surface area contributed by atoms with Crippen LogP contribution in [0.25, 0.3) is 34.2 Å². The van der Waals surface area contributed by atoms with E-state index in [1.807, 2.05) is 60.7 Å². The molecule has 0 aliphatic rings. The third-order valence-electron chi connectivity index (χ3n) is 4.39. The number of carboxylic acid groups (broad SMARTS) is 1. The molecule has 0 saturated carbocycles. The van der Waals surface area contributed by atoms with Crippen molar-refractivity contribution in [3.05, 3.63) is 84.4 Å². The lowest BCUT2D eigenvalue weighted by Gasteiger charge is -2.10. The molecule has 0 radical (unpaired) electrons.